The van der Waals surface area contributed by atoms with Crippen molar-refractivity contribution in [1.82, 2.24) is 4.98 Å². The molecular formula is C19H19ClN2O2S. The van der Waals surface area contributed by atoms with Gasteiger partial charge in [-0.05, 0) is 56.7 Å². The summed E-state index contributed by atoms with van der Waals surface area (Å²) in [5.74, 6) is 0.738. The molecule has 1 N–H and O–H groups in total. The summed E-state index contributed by atoms with van der Waals surface area (Å²) in [4.78, 5) is 18.6. The van der Waals surface area contributed by atoms with Crippen molar-refractivity contribution in [2.75, 3.05) is 5.32 Å². The lowest BCUT2D eigenvalue weighted by atomic mass is 9.93. The van der Waals surface area contributed by atoms with Gasteiger partial charge in [-0.15, -0.1) is 11.3 Å². The van der Waals surface area contributed by atoms with Gasteiger partial charge in [0.15, 0.2) is 10.9 Å². The fraction of sp³-hybridized carbons (Fsp3) is 0.368. The van der Waals surface area contributed by atoms with E-state index in [1.807, 2.05) is 26.0 Å². The molecule has 4 rings (SSSR count). The number of carbonyl (C=O) groups excluding carboxylic acids is 1. The average Bonchev–Trinajstić information content (AvgIpc) is 3.09. The van der Waals surface area contributed by atoms with E-state index in [-0.39, 0.29) is 5.91 Å². The number of furan rings is 1. The zero-order valence-corrected chi connectivity index (χ0v) is 16.0. The molecule has 4 nitrogen and oxygen atoms in total. The van der Waals surface area contributed by atoms with Gasteiger partial charge in [0.2, 0.25) is 0 Å². The summed E-state index contributed by atoms with van der Waals surface area (Å²) in [5, 5.41) is 5.09. The quantitative estimate of drug-likeness (QED) is 0.641. The van der Waals surface area contributed by atoms with Gasteiger partial charge in [-0.1, -0.05) is 18.5 Å². The van der Waals surface area contributed by atoms with Crippen LogP contribution in [0.4, 0.5) is 5.13 Å². The molecule has 2 heterocycles. The van der Waals surface area contributed by atoms with Crippen molar-refractivity contribution in [2.24, 2.45) is 5.92 Å². The van der Waals surface area contributed by atoms with Crippen molar-refractivity contribution in [3.8, 4) is 0 Å². The number of nitrogens with zero attached hydrogens (tertiary/aromatic N) is 1. The fourth-order valence-corrected chi connectivity index (χ4v) is 4.64. The molecule has 1 aliphatic carbocycles. The van der Waals surface area contributed by atoms with Crippen LogP contribution in [0, 0.1) is 19.8 Å². The van der Waals surface area contributed by atoms with E-state index < -0.39 is 0 Å². The number of amides is 1. The Balaban J connectivity index is 1.63. The van der Waals surface area contributed by atoms with Crippen LogP contribution in [0.5, 0.6) is 0 Å². The van der Waals surface area contributed by atoms with E-state index in [0.717, 1.165) is 41.5 Å². The molecule has 1 atom stereocenters. The second kappa shape index (κ2) is 6.15. The highest BCUT2D eigenvalue weighted by molar-refractivity contribution is 7.15. The second-order valence-corrected chi connectivity index (χ2v) is 8.34. The lowest BCUT2D eigenvalue weighted by Gasteiger charge is -2.15. The van der Waals surface area contributed by atoms with Crippen LogP contribution < -0.4 is 5.32 Å². The number of rotatable bonds is 2. The summed E-state index contributed by atoms with van der Waals surface area (Å²) in [6.07, 6.45) is 3.20. The maximum absolute atomic E-state index is 12.7. The third-order valence-corrected chi connectivity index (χ3v) is 6.27. The minimum atomic E-state index is -0.262. The first-order valence-electron chi connectivity index (χ1n) is 8.41. The number of hydrogen-bond donors (Lipinski definition) is 1. The van der Waals surface area contributed by atoms with E-state index in [1.165, 1.54) is 4.88 Å². The Bertz CT molecular complexity index is 989. The van der Waals surface area contributed by atoms with Gasteiger partial charge >= 0.3 is 0 Å². The maximum atomic E-state index is 12.7. The number of nitrogens with one attached hydrogen (secondary N) is 1. The Kier molecular flexibility index (Phi) is 4.08. The zero-order chi connectivity index (χ0) is 17.7. The lowest BCUT2D eigenvalue weighted by Crippen LogP contribution is -2.12. The van der Waals surface area contributed by atoms with E-state index in [4.69, 9.17) is 16.0 Å². The van der Waals surface area contributed by atoms with E-state index in [0.29, 0.717) is 27.4 Å². The first kappa shape index (κ1) is 16.6. The molecule has 0 radical (unpaired) electrons. The van der Waals surface area contributed by atoms with Gasteiger partial charge in [0, 0.05) is 20.8 Å². The van der Waals surface area contributed by atoms with Crippen LogP contribution in [-0.4, -0.2) is 10.9 Å². The van der Waals surface area contributed by atoms with E-state index in [9.17, 15) is 4.79 Å². The summed E-state index contributed by atoms with van der Waals surface area (Å²) in [6, 6.07) is 3.72. The molecule has 1 amide bonds. The summed E-state index contributed by atoms with van der Waals surface area (Å²) < 4.78 is 5.79. The van der Waals surface area contributed by atoms with E-state index >= 15 is 0 Å². The van der Waals surface area contributed by atoms with Gasteiger partial charge in [-0.2, -0.15) is 0 Å². The van der Waals surface area contributed by atoms with Gasteiger partial charge in [-0.3, -0.25) is 10.1 Å². The predicted octanol–water partition coefficient (Wildman–Crippen LogP) is 5.54. The van der Waals surface area contributed by atoms with Gasteiger partial charge in [0.05, 0.1) is 5.69 Å². The number of hydrogen-bond acceptors (Lipinski definition) is 4. The maximum Gasteiger partial charge on any atom is 0.293 e. The zero-order valence-electron chi connectivity index (χ0n) is 14.4. The number of aromatic nitrogens is 1. The Morgan fingerprint density at radius 3 is 3.00 bits per heavy atom. The van der Waals surface area contributed by atoms with Crippen molar-refractivity contribution < 1.29 is 9.21 Å². The van der Waals surface area contributed by atoms with Gasteiger partial charge in [-0.25, -0.2) is 4.98 Å². The highest BCUT2D eigenvalue weighted by Gasteiger charge is 2.23. The van der Waals surface area contributed by atoms with Crippen LogP contribution in [0.3, 0.4) is 0 Å². The average molecular weight is 375 g/mol. The van der Waals surface area contributed by atoms with Crippen molar-refractivity contribution in [3.05, 3.63) is 44.6 Å². The predicted molar refractivity (Wildman–Crippen MR) is 102 cm³/mol. The Hall–Kier alpha value is -1.85. The van der Waals surface area contributed by atoms with E-state index in [1.54, 1.807) is 11.3 Å². The van der Waals surface area contributed by atoms with Crippen LogP contribution in [0.15, 0.2) is 16.5 Å². The minimum absolute atomic E-state index is 0.262. The monoisotopic (exact) mass is 374 g/mol. The number of anilines is 1. The summed E-state index contributed by atoms with van der Waals surface area (Å²) in [5.41, 5.74) is 3.53. The summed E-state index contributed by atoms with van der Waals surface area (Å²) in [6.45, 7) is 6.05. The molecule has 0 fully saturated rings. The van der Waals surface area contributed by atoms with Crippen molar-refractivity contribution >= 4 is 44.9 Å². The Morgan fingerprint density at radius 1 is 1.40 bits per heavy atom. The molecule has 1 aliphatic rings. The molecule has 0 bridgehead atoms. The van der Waals surface area contributed by atoms with E-state index in [2.05, 4.69) is 17.2 Å². The SMILES string of the molecule is Cc1cc2oc(C(=O)Nc3nc4c(s3)C[C@H](C)CC4)c(C)c2cc1Cl. The molecule has 0 unspecified atom stereocenters. The van der Waals surface area contributed by atoms with Crippen molar-refractivity contribution in [3.63, 3.8) is 0 Å². The number of thiazole rings is 1. The van der Waals surface area contributed by atoms with Crippen LogP contribution >= 0.6 is 22.9 Å². The normalized spacial score (nSPS) is 16.9. The first-order valence-corrected chi connectivity index (χ1v) is 9.61. The number of fused-ring (bicyclic) bond motifs is 2. The standard InChI is InChI=1S/C19H19ClN2O2S/c1-9-4-5-14-16(6-9)25-19(21-14)22-18(23)17-11(3)12-8-13(20)10(2)7-15(12)24-17/h7-9H,4-6H2,1-3H3,(H,21,22,23)/t9-/m1/s1. The molecule has 0 spiro atoms. The molecule has 25 heavy (non-hydrogen) atoms. The van der Waals surface area contributed by atoms with Crippen LogP contribution in [-0.2, 0) is 12.8 Å². The largest absolute Gasteiger partial charge is 0.451 e. The van der Waals surface area contributed by atoms with Crippen LogP contribution in [0.1, 0.15) is 45.6 Å². The smallest absolute Gasteiger partial charge is 0.293 e. The highest BCUT2D eigenvalue weighted by Crippen LogP contribution is 2.34. The molecule has 1 aromatic carbocycles. The number of halogens is 1. The molecular weight excluding hydrogens is 356 g/mol. The molecule has 0 saturated heterocycles. The molecule has 0 aliphatic heterocycles. The van der Waals surface area contributed by atoms with Crippen molar-refractivity contribution in [2.45, 2.75) is 40.0 Å². The topological polar surface area (TPSA) is 55.1 Å². The van der Waals surface area contributed by atoms with Gasteiger partial charge in [0.1, 0.15) is 5.58 Å². The number of carbonyl (C=O) groups is 1. The first-order chi connectivity index (χ1) is 11.9. The third kappa shape index (κ3) is 2.96. The van der Waals surface area contributed by atoms with Gasteiger partial charge < -0.3 is 4.42 Å². The Morgan fingerprint density at radius 2 is 2.20 bits per heavy atom. The lowest BCUT2D eigenvalue weighted by molar-refractivity contribution is 0.0998. The molecule has 0 saturated carbocycles. The number of aryl methyl sites for hydroxylation is 3. The summed E-state index contributed by atoms with van der Waals surface area (Å²) >= 11 is 7.77. The molecule has 130 valence electrons. The molecule has 6 heteroatoms. The van der Waals surface area contributed by atoms with Crippen LogP contribution in [0.25, 0.3) is 11.0 Å². The van der Waals surface area contributed by atoms with Gasteiger partial charge in [0.25, 0.3) is 5.91 Å². The minimum Gasteiger partial charge on any atom is -0.451 e. The fourth-order valence-electron chi connectivity index (χ4n) is 3.31. The molecule has 2 aromatic heterocycles. The highest BCUT2D eigenvalue weighted by atomic mass is 35.5. The second-order valence-electron chi connectivity index (χ2n) is 6.84. The Labute approximate surface area is 155 Å². The molecule has 3 aromatic rings. The third-order valence-electron chi connectivity index (χ3n) is 4.83. The van der Waals surface area contributed by atoms with Crippen molar-refractivity contribution in [1.29, 1.82) is 0 Å². The summed E-state index contributed by atoms with van der Waals surface area (Å²) in [7, 11) is 0. The number of benzene rings is 1. The van der Waals surface area contributed by atoms with Crippen LogP contribution in [0.2, 0.25) is 5.02 Å².